The zero-order valence-electron chi connectivity index (χ0n) is 11.1. The van der Waals surface area contributed by atoms with Gasteiger partial charge < -0.3 is 5.11 Å². The maximum Gasteiger partial charge on any atom is 0.303 e. The molecule has 1 N–H and O–H groups in total. The Kier molecular flexibility index (Phi) is 6.36. The Bertz CT molecular complexity index is 498. The Morgan fingerprint density at radius 1 is 1.25 bits per heavy atom. The van der Waals surface area contributed by atoms with Gasteiger partial charge in [-0.25, -0.2) is 0 Å². The third-order valence-electron chi connectivity index (χ3n) is 3.02. The predicted molar refractivity (Wildman–Crippen MR) is 72.9 cm³/mol. The molecule has 0 aromatic heterocycles. The zero-order valence-corrected chi connectivity index (χ0v) is 11.1. The molecule has 0 fully saturated rings. The average molecular weight is 279 g/mol. The minimum Gasteiger partial charge on any atom is -0.481 e. The molecule has 0 amide bonds. The number of nitro groups is 1. The summed E-state index contributed by atoms with van der Waals surface area (Å²) in [5, 5.41) is 19.3. The second-order valence-electron chi connectivity index (χ2n) is 4.58. The van der Waals surface area contributed by atoms with Crippen LogP contribution in [0.5, 0.6) is 0 Å². The summed E-state index contributed by atoms with van der Waals surface area (Å²) in [6, 6.07) is 4.61. The molecule has 108 valence electrons. The second kappa shape index (κ2) is 8.04. The number of rotatable bonds is 9. The molecule has 0 aliphatic rings. The maximum atomic E-state index is 10.8. The van der Waals surface area contributed by atoms with Crippen LogP contribution >= 0.6 is 0 Å². The van der Waals surface area contributed by atoms with Crippen molar-refractivity contribution in [2.75, 3.05) is 0 Å². The SMILES string of the molecule is O=Cc1ccc(CCCCCCC(=O)O)cc1[N+](=O)[O-]. The van der Waals surface area contributed by atoms with Crippen LogP contribution in [0.3, 0.4) is 0 Å². The summed E-state index contributed by atoms with van der Waals surface area (Å²) in [5.41, 5.74) is 0.740. The predicted octanol–water partition coefficient (Wildman–Crippen LogP) is 2.98. The smallest absolute Gasteiger partial charge is 0.303 e. The van der Waals surface area contributed by atoms with Crippen LogP contribution < -0.4 is 0 Å². The van der Waals surface area contributed by atoms with Crippen LogP contribution in [0.15, 0.2) is 18.2 Å². The van der Waals surface area contributed by atoms with Crippen molar-refractivity contribution in [3.8, 4) is 0 Å². The number of aldehydes is 1. The van der Waals surface area contributed by atoms with Gasteiger partial charge in [-0.2, -0.15) is 0 Å². The van der Waals surface area contributed by atoms with E-state index in [0.29, 0.717) is 19.1 Å². The van der Waals surface area contributed by atoms with Crippen molar-refractivity contribution in [1.82, 2.24) is 0 Å². The highest BCUT2D eigenvalue weighted by Crippen LogP contribution is 2.20. The molecule has 0 atom stereocenters. The number of hydrogen-bond acceptors (Lipinski definition) is 4. The Balaban J connectivity index is 2.44. The van der Waals surface area contributed by atoms with Crippen molar-refractivity contribution in [3.63, 3.8) is 0 Å². The van der Waals surface area contributed by atoms with Crippen molar-refractivity contribution >= 4 is 17.9 Å². The van der Waals surface area contributed by atoms with E-state index in [1.165, 1.54) is 12.1 Å². The first-order valence-electron chi connectivity index (χ1n) is 6.49. The molecular weight excluding hydrogens is 262 g/mol. The van der Waals surface area contributed by atoms with E-state index in [0.717, 1.165) is 24.8 Å². The third kappa shape index (κ3) is 5.17. The van der Waals surface area contributed by atoms with E-state index < -0.39 is 10.9 Å². The Morgan fingerprint density at radius 3 is 2.55 bits per heavy atom. The summed E-state index contributed by atoms with van der Waals surface area (Å²) >= 11 is 0. The number of aliphatic carboxylic acids is 1. The van der Waals surface area contributed by atoms with Gasteiger partial charge in [0.15, 0.2) is 6.29 Å². The summed E-state index contributed by atoms with van der Waals surface area (Å²) in [4.78, 5) is 31.2. The number of aryl methyl sites for hydroxylation is 1. The van der Waals surface area contributed by atoms with E-state index in [1.807, 2.05) is 0 Å². The van der Waals surface area contributed by atoms with Crippen LogP contribution in [0, 0.1) is 10.1 Å². The molecular formula is C14H17NO5. The lowest BCUT2D eigenvalue weighted by Crippen LogP contribution is -1.97. The quantitative estimate of drug-likeness (QED) is 0.324. The van der Waals surface area contributed by atoms with Gasteiger partial charge in [-0.05, 0) is 30.9 Å². The number of carbonyl (C=O) groups excluding carboxylic acids is 1. The molecule has 0 saturated heterocycles. The first-order valence-corrected chi connectivity index (χ1v) is 6.49. The van der Waals surface area contributed by atoms with E-state index in [4.69, 9.17) is 5.11 Å². The maximum absolute atomic E-state index is 10.8. The third-order valence-corrected chi connectivity index (χ3v) is 3.02. The number of carbonyl (C=O) groups is 2. The number of hydrogen-bond donors (Lipinski definition) is 1. The molecule has 1 rings (SSSR count). The second-order valence-corrected chi connectivity index (χ2v) is 4.58. The molecule has 20 heavy (non-hydrogen) atoms. The van der Waals surface area contributed by atoms with E-state index in [9.17, 15) is 19.7 Å². The lowest BCUT2D eigenvalue weighted by Gasteiger charge is -2.03. The summed E-state index contributed by atoms with van der Waals surface area (Å²) in [7, 11) is 0. The number of unbranched alkanes of at least 4 members (excludes halogenated alkanes) is 3. The topological polar surface area (TPSA) is 97.5 Å². The van der Waals surface area contributed by atoms with Gasteiger partial charge in [-0.3, -0.25) is 19.7 Å². The summed E-state index contributed by atoms with van der Waals surface area (Å²) < 4.78 is 0. The Hall–Kier alpha value is -2.24. The summed E-state index contributed by atoms with van der Waals surface area (Å²) in [5.74, 6) is -0.787. The van der Waals surface area contributed by atoms with Crippen molar-refractivity contribution < 1.29 is 19.6 Å². The fraction of sp³-hybridized carbons (Fsp3) is 0.429. The van der Waals surface area contributed by atoms with E-state index in [-0.39, 0.29) is 17.7 Å². The normalized spacial score (nSPS) is 10.2. The largest absolute Gasteiger partial charge is 0.481 e. The standard InChI is InChI=1S/C14H17NO5/c16-10-12-8-7-11(9-13(12)15(19)20)5-3-1-2-4-6-14(17)18/h7-10H,1-6H2,(H,17,18). The van der Waals surface area contributed by atoms with Gasteiger partial charge >= 0.3 is 5.97 Å². The van der Waals surface area contributed by atoms with E-state index in [2.05, 4.69) is 0 Å². The number of nitro benzene ring substituents is 1. The highest BCUT2D eigenvalue weighted by molar-refractivity contribution is 5.81. The van der Waals surface area contributed by atoms with Crippen molar-refractivity contribution in [2.45, 2.75) is 38.5 Å². The first-order chi connectivity index (χ1) is 9.54. The minimum atomic E-state index is -0.787. The van der Waals surface area contributed by atoms with Crippen LogP contribution in [-0.2, 0) is 11.2 Å². The molecule has 0 aliphatic heterocycles. The Labute approximate surface area is 116 Å². The molecule has 0 aliphatic carbocycles. The Morgan fingerprint density at radius 2 is 1.95 bits per heavy atom. The number of carboxylic acid groups (broad SMARTS) is 1. The molecule has 0 bridgehead atoms. The molecule has 6 heteroatoms. The highest BCUT2D eigenvalue weighted by atomic mass is 16.6. The molecule has 0 heterocycles. The summed E-state index contributed by atoms with van der Waals surface area (Å²) in [6.07, 6.45) is 4.56. The molecule has 1 aromatic rings. The highest BCUT2D eigenvalue weighted by Gasteiger charge is 2.13. The van der Waals surface area contributed by atoms with Gasteiger partial charge in [0, 0.05) is 12.5 Å². The summed E-state index contributed by atoms with van der Waals surface area (Å²) in [6.45, 7) is 0. The van der Waals surface area contributed by atoms with Gasteiger partial charge in [0.25, 0.3) is 5.69 Å². The fourth-order valence-electron chi connectivity index (χ4n) is 1.96. The van der Waals surface area contributed by atoms with Gasteiger partial charge in [-0.1, -0.05) is 18.9 Å². The minimum absolute atomic E-state index is 0.0835. The number of nitrogens with zero attached hydrogens (tertiary/aromatic N) is 1. The van der Waals surface area contributed by atoms with Crippen LogP contribution in [-0.4, -0.2) is 22.3 Å². The van der Waals surface area contributed by atoms with Crippen LogP contribution in [0.25, 0.3) is 0 Å². The number of carboxylic acids is 1. The van der Waals surface area contributed by atoms with Crippen molar-refractivity contribution in [3.05, 3.63) is 39.4 Å². The van der Waals surface area contributed by atoms with Crippen LogP contribution in [0.4, 0.5) is 5.69 Å². The van der Waals surface area contributed by atoms with Crippen LogP contribution in [0.2, 0.25) is 0 Å². The molecule has 0 saturated carbocycles. The molecule has 0 unspecified atom stereocenters. The molecule has 1 aromatic carbocycles. The molecule has 0 spiro atoms. The van der Waals surface area contributed by atoms with Gasteiger partial charge in [0.2, 0.25) is 0 Å². The van der Waals surface area contributed by atoms with Crippen molar-refractivity contribution in [2.24, 2.45) is 0 Å². The average Bonchev–Trinajstić information content (AvgIpc) is 2.42. The van der Waals surface area contributed by atoms with E-state index >= 15 is 0 Å². The zero-order chi connectivity index (χ0) is 15.0. The van der Waals surface area contributed by atoms with Gasteiger partial charge in [-0.15, -0.1) is 0 Å². The van der Waals surface area contributed by atoms with Crippen LogP contribution in [0.1, 0.15) is 48.0 Å². The fourth-order valence-corrected chi connectivity index (χ4v) is 1.96. The first kappa shape index (κ1) is 15.8. The monoisotopic (exact) mass is 279 g/mol. The van der Waals surface area contributed by atoms with Gasteiger partial charge in [0.1, 0.15) is 0 Å². The number of benzene rings is 1. The van der Waals surface area contributed by atoms with Crippen molar-refractivity contribution in [1.29, 1.82) is 0 Å². The van der Waals surface area contributed by atoms with Gasteiger partial charge in [0.05, 0.1) is 10.5 Å². The van der Waals surface area contributed by atoms with E-state index in [1.54, 1.807) is 6.07 Å². The molecule has 6 nitrogen and oxygen atoms in total. The lowest BCUT2D eigenvalue weighted by molar-refractivity contribution is -0.385. The molecule has 0 radical (unpaired) electrons. The lowest BCUT2D eigenvalue weighted by atomic mass is 10.0.